The summed E-state index contributed by atoms with van der Waals surface area (Å²) in [5.74, 6) is 0.786. The van der Waals surface area contributed by atoms with Gasteiger partial charge in [0.25, 0.3) is 0 Å². The average molecular weight is 508 g/mol. The third kappa shape index (κ3) is 9.18. The monoisotopic (exact) mass is 506 g/mol. The van der Waals surface area contributed by atoms with Crippen molar-refractivity contribution in [3.63, 3.8) is 0 Å². The summed E-state index contributed by atoms with van der Waals surface area (Å²) in [6, 6.07) is 8.69. The van der Waals surface area contributed by atoms with E-state index in [0.717, 1.165) is 18.8 Å². The molecular weight excluding hydrogens is 471 g/mol. The fourth-order valence-corrected chi connectivity index (χ4v) is 5.99. The van der Waals surface area contributed by atoms with Crippen LogP contribution >= 0.6 is 0 Å². The molecule has 0 unspecified atom stereocenters. The molecule has 5 heteroatoms. The average Bonchev–Trinajstić information content (AvgIpc) is 2.81. The maximum Gasteiger partial charge on any atom is 4.00 e. The molecule has 2 aromatic carbocycles. The Balaban J connectivity index is -0.00000169. The zero-order chi connectivity index (χ0) is 18.6. The minimum Gasteiger partial charge on any atom is -1.00 e. The fourth-order valence-electron chi connectivity index (χ4n) is 3.96. The molecular formula is C24H37Cl3SiTi. The molecule has 0 heterocycles. The Bertz CT molecular complexity index is 701. The predicted octanol–water partition coefficient (Wildman–Crippen LogP) is -3.95. The smallest absolute Gasteiger partial charge is 1.00 e. The standard InChI is InChI=1S/C24H37Si.3ClH.Ti/c1-8-20-12-21(9-2)14-22(13-20)25-15-24-19(7)17(5)18(6)23(24)11-10-16(3)4;;;;/h12-14,16H,8-11,15,25H2,1-7H3;3*1H;/q-1;;;;+4/p-3. The van der Waals surface area contributed by atoms with Crippen molar-refractivity contribution in [2.45, 2.75) is 80.2 Å². The van der Waals surface area contributed by atoms with Crippen molar-refractivity contribution in [1.82, 2.24) is 0 Å². The molecule has 0 radical (unpaired) electrons. The Morgan fingerprint density at radius 3 is 1.83 bits per heavy atom. The van der Waals surface area contributed by atoms with Crippen LogP contribution in [-0.4, -0.2) is 9.52 Å². The Morgan fingerprint density at radius 2 is 1.38 bits per heavy atom. The van der Waals surface area contributed by atoms with Gasteiger partial charge in [0.2, 0.25) is 0 Å². The maximum absolute atomic E-state index is 2.48. The number of benzene rings is 1. The van der Waals surface area contributed by atoms with E-state index in [1.54, 1.807) is 33.0 Å². The molecule has 2 aromatic rings. The topological polar surface area (TPSA) is 0 Å². The van der Waals surface area contributed by atoms with E-state index >= 15 is 0 Å². The van der Waals surface area contributed by atoms with E-state index in [1.807, 2.05) is 0 Å². The van der Waals surface area contributed by atoms with Crippen LogP contribution in [0.15, 0.2) is 18.2 Å². The number of aryl methyl sites for hydroxylation is 2. The van der Waals surface area contributed by atoms with Gasteiger partial charge in [-0.2, -0.15) is 27.8 Å². The van der Waals surface area contributed by atoms with Crippen LogP contribution in [0.5, 0.6) is 0 Å². The zero-order valence-electron chi connectivity index (χ0n) is 19.2. The Morgan fingerprint density at radius 1 is 0.862 bits per heavy atom. The van der Waals surface area contributed by atoms with Crippen LogP contribution in [0, 0.1) is 26.7 Å². The van der Waals surface area contributed by atoms with Crippen molar-refractivity contribution in [3.8, 4) is 0 Å². The molecule has 0 amide bonds. The van der Waals surface area contributed by atoms with Gasteiger partial charge >= 0.3 is 21.7 Å². The largest absolute Gasteiger partial charge is 4.00 e. The molecule has 0 N–H and O–H groups in total. The minimum absolute atomic E-state index is 0. The molecule has 0 bridgehead atoms. The summed E-state index contributed by atoms with van der Waals surface area (Å²) < 4.78 is 0. The van der Waals surface area contributed by atoms with Crippen LogP contribution in [-0.2, 0) is 47.0 Å². The van der Waals surface area contributed by atoms with Gasteiger partial charge in [-0.05, 0) is 36.3 Å². The van der Waals surface area contributed by atoms with Crippen LogP contribution in [0.25, 0.3) is 0 Å². The summed E-state index contributed by atoms with van der Waals surface area (Å²) in [7, 11) is -0.253. The second-order valence-corrected chi connectivity index (χ2v) is 9.95. The second kappa shape index (κ2) is 16.1. The summed E-state index contributed by atoms with van der Waals surface area (Å²) in [4.78, 5) is 0. The van der Waals surface area contributed by atoms with Gasteiger partial charge in [0.15, 0.2) is 0 Å². The minimum atomic E-state index is -0.253. The van der Waals surface area contributed by atoms with Crippen molar-refractivity contribution in [1.29, 1.82) is 0 Å². The quantitative estimate of drug-likeness (QED) is 0.253. The van der Waals surface area contributed by atoms with Gasteiger partial charge < -0.3 is 37.2 Å². The third-order valence-corrected chi connectivity index (χ3v) is 7.69. The SMILES string of the molecule is CCc1cc(CC)cc([SiH2]C[c-]2c(C)c(C)c(C)c2CCC(C)C)c1.[Cl-].[Cl-].[Cl-].[Ti+4]. The molecule has 0 saturated heterocycles. The van der Waals surface area contributed by atoms with Crippen LogP contribution in [0.3, 0.4) is 0 Å². The molecule has 0 spiro atoms. The van der Waals surface area contributed by atoms with Gasteiger partial charge in [-0.25, -0.2) is 0 Å². The molecule has 0 atom stereocenters. The fraction of sp³-hybridized carbons (Fsp3) is 0.542. The van der Waals surface area contributed by atoms with Gasteiger partial charge in [0.05, 0.1) is 0 Å². The van der Waals surface area contributed by atoms with E-state index in [9.17, 15) is 0 Å². The zero-order valence-corrected chi connectivity index (χ0v) is 24.4. The number of hydrogen-bond acceptors (Lipinski definition) is 0. The molecule has 29 heavy (non-hydrogen) atoms. The first kappa shape index (κ1) is 34.0. The van der Waals surface area contributed by atoms with Crippen LogP contribution in [0.1, 0.15) is 73.1 Å². The van der Waals surface area contributed by atoms with Gasteiger partial charge in [0, 0.05) is 9.52 Å². The summed E-state index contributed by atoms with van der Waals surface area (Å²) in [6.45, 7) is 16.3. The van der Waals surface area contributed by atoms with E-state index in [0.29, 0.717) is 0 Å². The molecule has 0 saturated carbocycles. The number of rotatable bonds is 8. The van der Waals surface area contributed by atoms with E-state index in [1.165, 1.54) is 30.0 Å². The Hall–Kier alpha value is 0.371. The molecule has 0 aliphatic rings. The summed E-state index contributed by atoms with van der Waals surface area (Å²) in [5.41, 5.74) is 11.1. The van der Waals surface area contributed by atoms with Crippen molar-refractivity contribution < 1.29 is 58.9 Å². The molecule has 162 valence electrons. The van der Waals surface area contributed by atoms with Crippen LogP contribution in [0.4, 0.5) is 0 Å². The molecule has 0 nitrogen and oxygen atoms in total. The van der Waals surface area contributed by atoms with Gasteiger partial charge in [-0.3, -0.25) is 0 Å². The first-order valence-corrected chi connectivity index (χ1v) is 11.9. The van der Waals surface area contributed by atoms with Gasteiger partial charge in [-0.15, -0.1) is 0 Å². The van der Waals surface area contributed by atoms with E-state index in [4.69, 9.17) is 0 Å². The van der Waals surface area contributed by atoms with Gasteiger partial charge in [-0.1, -0.05) is 84.3 Å². The Kier molecular flexibility index (Phi) is 18.8. The van der Waals surface area contributed by atoms with Crippen molar-refractivity contribution in [2.75, 3.05) is 0 Å². The molecule has 0 aliphatic heterocycles. The third-order valence-electron chi connectivity index (χ3n) is 5.96. The Labute approximate surface area is 215 Å². The normalized spacial score (nSPS) is 10.3. The van der Waals surface area contributed by atoms with E-state index < -0.39 is 0 Å². The summed E-state index contributed by atoms with van der Waals surface area (Å²) in [6.07, 6.45) is 4.88. The van der Waals surface area contributed by atoms with Crippen LogP contribution in [0.2, 0.25) is 0 Å². The van der Waals surface area contributed by atoms with E-state index in [-0.39, 0.29) is 68.5 Å². The molecule has 0 fully saturated rings. The molecule has 2 rings (SSSR count). The van der Waals surface area contributed by atoms with Crippen LogP contribution < -0.4 is 42.4 Å². The summed E-state index contributed by atoms with van der Waals surface area (Å²) in [5, 5.41) is 1.65. The second-order valence-electron chi connectivity index (χ2n) is 8.13. The summed E-state index contributed by atoms with van der Waals surface area (Å²) >= 11 is 0. The first-order valence-electron chi connectivity index (χ1n) is 10.2. The predicted molar refractivity (Wildman–Crippen MR) is 116 cm³/mol. The van der Waals surface area contributed by atoms with Crippen molar-refractivity contribution in [3.05, 3.63) is 57.1 Å². The maximum atomic E-state index is 2.48. The first-order chi connectivity index (χ1) is 11.9. The van der Waals surface area contributed by atoms with Crippen molar-refractivity contribution in [2.24, 2.45) is 5.92 Å². The van der Waals surface area contributed by atoms with E-state index in [2.05, 4.69) is 66.7 Å². The molecule has 0 aromatic heterocycles. The molecule has 0 aliphatic carbocycles. The number of hydrogen-bond donors (Lipinski definition) is 0. The van der Waals surface area contributed by atoms with Crippen molar-refractivity contribution >= 4 is 14.7 Å². The number of halogens is 3. The van der Waals surface area contributed by atoms with Gasteiger partial charge in [0.1, 0.15) is 0 Å².